The largest absolute Gasteiger partial charge is 0.0991 e. The summed E-state index contributed by atoms with van der Waals surface area (Å²) in [5, 5.41) is 0. The molecule has 0 atom stereocenters. The first-order chi connectivity index (χ1) is 11.2. The van der Waals surface area contributed by atoms with Crippen LogP contribution < -0.4 is 0 Å². The van der Waals surface area contributed by atoms with Gasteiger partial charge in [0, 0.05) is 10.8 Å². The lowest BCUT2D eigenvalue weighted by atomic mass is 9.65. The molecule has 2 aromatic carbocycles. The van der Waals surface area contributed by atoms with Crippen LogP contribution >= 0.6 is 0 Å². The highest BCUT2D eigenvalue weighted by atomic mass is 14.5. The van der Waals surface area contributed by atoms with Gasteiger partial charge in [0.2, 0.25) is 0 Å². The Balaban J connectivity index is 2.29. The molecule has 0 saturated heterocycles. The minimum absolute atomic E-state index is 0.0128. The molecule has 0 heteroatoms. The standard InChI is InChI=1S/C24H26/c1-8-9-16-20-15(3)10-11-17-22(20)21-18(23(16,4)5)12-14(2)13-19(21)24(17,6)7/h8-13H,1H2,2-7H3/b16-9+. The number of rotatable bonds is 1. The average molecular weight is 314 g/mol. The third-order valence-corrected chi connectivity index (χ3v) is 6.19. The van der Waals surface area contributed by atoms with Crippen molar-refractivity contribution in [3.63, 3.8) is 0 Å². The minimum atomic E-state index is -0.0128. The lowest BCUT2D eigenvalue weighted by Crippen LogP contribution is -2.25. The second-order valence-corrected chi connectivity index (χ2v) is 8.48. The molecule has 2 aliphatic carbocycles. The van der Waals surface area contributed by atoms with E-state index >= 15 is 0 Å². The zero-order chi connectivity index (χ0) is 17.4. The van der Waals surface area contributed by atoms with Crippen molar-refractivity contribution < 1.29 is 0 Å². The summed E-state index contributed by atoms with van der Waals surface area (Å²) >= 11 is 0. The number of benzene rings is 2. The first kappa shape index (κ1) is 15.4. The summed E-state index contributed by atoms with van der Waals surface area (Å²) in [5.41, 5.74) is 13.0. The predicted molar refractivity (Wildman–Crippen MR) is 105 cm³/mol. The quantitative estimate of drug-likeness (QED) is 0.566. The van der Waals surface area contributed by atoms with Crippen LogP contribution in [0, 0.1) is 13.8 Å². The summed E-state index contributed by atoms with van der Waals surface area (Å²) in [6.45, 7) is 17.9. The number of allylic oxidation sites excluding steroid dienone is 3. The van der Waals surface area contributed by atoms with Gasteiger partial charge in [0.1, 0.15) is 0 Å². The lowest BCUT2D eigenvalue weighted by Gasteiger charge is -2.38. The zero-order valence-electron chi connectivity index (χ0n) is 15.7. The van der Waals surface area contributed by atoms with E-state index in [9.17, 15) is 0 Å². The van der Waals surface area contributed by atoms with E-state index in [-0.39, 0.29) is 10.8 Å². The Morgan fingerprint density at radius 3 is 2.04 bits per heavy atom. The Morgan fingerprint density at radius 2 is 1.42 bits per heavy atom. The maximum absolute atomic E-state index is 3.98. The van der Waals surface area contributed by atoms with Crippen molar-refractivity contribution in [3.05, 3.63) is 76.4 Å². The van der Waals surface area contributed by atoms with E-state index < -0.39 is 0 Å². The fraction of sp³-hybridized carbons (Fsp3) is 0.333. The monoisotopic (exact) mass is 314 g/mol. The normalized spacial score (nSPS) is 20.2. The zero-order valence-corrected chi connectivity index (χ0v) is 15.7. The molecular formula is C24H26. The Kier molecular flexibility index (Phi) is 2.90. The van der Waals surface area contributed by atoms with E-state index in [0.29, 0.717) is 0 Å². The van der Waals surface area contributed by atoms with Gasteiger partial charge in [-0.2, -0.15) is 0 Å². The maximum Gasteiger partial charge on any atom is 0.0159 e. The molecule has 0 aromatic heterocycles. The highest BCUT2D eigenvalue weighted by Gasteiger charge is 2.46. The maximum atomic E-state index is 3.98. The van der Waals surface area contributed by atoms with E-state index in [1.165, 1.54) is 50.1 Å². The lowest BCUT2D eigenvalue weighted by molar-refractivity contribution is 0.656. The van der Waals surface area contributed by atoms with Crippen LogP contribution in [-0.4, -0.2) is 0 Å². The molecular weight excluding hydrogens is 288 g/mol. The fourth-order valence-electron chi connectivity index (χ4n) is 4.89. The summed E-state index contributed by atoms with van der Waals surface area (Å²) in [5.74, 6) is 0. The van der Waals surface area contributed by atoms with E-state index in [2.05, 4.69) is 78.5 Å². The SMILES string of the molecule is C=C/C=C1\c2c(C)ccc3c2-c2c(cc(C)cc2C3(C)C)C1(C)C. The summed E-state index contributed by atoms with van der Waals surface area (Å²) in [7, 11) is 0. The van der Waals surface area contributed by atoms with Crippen molar-refractivity contribution in [1.29, 1.82) is 0 Å². The summed E-state index contributed by atoms with van der Waals surface area (Å²) in [6.07, 6.45) is 4.16. The van der Waals surface area contributed by atoms with E-state index in [1.807, 2.05) is 6.08 Å². The molecule has 0 nitrogen and oxygen atoms in total. The molecule has 0 saturated carbocycles. The molecule has 2 aromatic rings. The molecule has 0 bridgehead atoms. The van der Waals surface area contributed by atoms with Crippen LogP contribution in [0.2, 0.25) is 0 Å². The molecule has 2 aliphatic rings. The van der Waals surface area contributed by atoms with E-state index in [4.69, 9.17) is 0 Å². The van der Waals surface area contributed by atoms with Crippen molar-refractivity contribution in [2.45, 2.75) is 52.4 Å². The van der Waals surface area contributed by atoms with Gasteiger partial charge >= 0.3 is 0 Å². The first-order valence-corrected chi connectivity index (χ1v) is 8.85. The second kappa shape index (κ2) is 4.51. The van der Waals surface area contributed by atoms with Crippen molar-refractivity contribution >= 4 is 5.57 Å². The van der Waals surface area contributed by atoms with Crippen LogP contribution in [0.25, 0.3) is 16.7 Å². The van der Waals surface area contributed by atoms with Gasteiger partial charge in [-0.3, -0.25) is 0 Å². The second-order valence-electron chi connectivity index (χ2n) is 8.48. The van der Waals surface area contributed by atoms with Crippen LogP contribution in [0.3, 0.4) is 0 Å². The summed E-state index contributed by atoms with van der Waals surface area (Å²) in [4.78, 5) is 0. The minimum Gasteiger partial charge on any atom is -0.0991 e. The summed E-state index contributed by atoms with van der Waals surface area (Å²) in [6, 6.07) is 9.44. The van der Waals surface area contributed by atoms with Gasteiger partial charge in [0.25, 0.3) is 0 Å². The van der Waals surface area contributed by atoms with Crippen LogP contribution in [-0.2, 0) is 10.8 Å². The molecule has 4 rings (SSSR count). The number of aryl methyl sites for hydroxylation is 2. The van der Waals surface area contributed by atoms with Crippen molar-refractivity contribution in [2.75, 3.05) is 0 Å². The van der Waals surface area contributed by atoms with Crippen LogP contribution in [0.1, 0.15) is 61.1 Å². The smallest absolute Gasteiger partial charge is 0.0159 e. The van der Waals surface area contributed by atoms with Gasteiger partial charge in [-0.05, 0) is 58.4 Å². The van der Waals surface area contributed by atoms with Gasteiger partial charge in [0.05, 0.1) is 0 Å². The Morgan fingerprint density at radius 1 is 0.792 bits per heavy atom. The molecule has 122 valence electrons. The first-order valence-electron chi connectivity index (χ1n) is 8.85. The van der Waals surface area contributed by atoms with Gasteiger partial charge < -0.3 is 0 Å². The number of hydrogen-bond acceptors (Lipinski definition) is 0. The van der Waals surface area contributed by atoms with Crippen LogP contribution in [0.15, 0.2) is 43.0 Å². The van der Waals surface area contributed by atoms with Gasteiger partial charge in [0.15, 0.2) is 0 Å². The van der Waals surface area contributed by atoms with Gasteiger partial charge in [-0.25, -0.2) is 0 Å². The molecule has 0 fully saturated rings. The molecule has 0 aliphatic heterocycles. The van der Waals surface area contributed by atoms with Crippen molar-refractivity contribution in [2.24, 2.45) is 0 Å². The van der Waals surface area contributed by atoms with Crippen molar-refractivity contribution in [3.8, 4) is 11.1 Å². The molecule has 0 N–H and O–H groups in total. The molecule has 0 amide bonds. The fourth-order valence-corrected chi connectivity index (χ4v) is 4.89. The Bertz CT molecular complexity index is 933. The molecule has 24 heavy (non-hydrogen) atoms. The third-order valence-electron chi connectivity index (χ3n) is 6.19. The average Bonchev–Trinajstić information content (AvgIpc) is 2.72. The van der Waals surface area contributed by atoms with Crippen LogP contribution in [0.4, 0.5) is 0 Å². The van der Waals surface area contributed by atoms with E-state index in [1.54, 1.807) is 0 Å². The Labute approximate surface area is 145 Å². The molecule has 0 spiro atoms. The highest BCUT2D eigenvalue weighted by molar-refractivity contribution is 6.00. The molecule has 0 radical (unpaired) electrons. The van der Waals surface area contributed by atoms with Gasteiger partial charge in [-0.15, -0.1) is 0 Å². The topological polar surface area (TPSA) is 0 Å². The predicted octanol–water partition coefficient (Wildman–Crippen LogP) is 6.47. The Hall–Kier alpha value is -2.08. The summed E-state index contributed by atoms with van der Waals surface area (Å²) < 4.78 is 0. The van der Waals surface area contributed by atoms with Crippen LogP contribution in [0.5, 0.6) is 0 Å². The van der Waals surface area contributed by atoms with Crippen molar-refractivity contribution in [1.82, 2.24) is 0 Å². The molecule has 0 unspecified atom stereocenters. The molecule has 0 heterocycles. The highest BCUT2D eigenvalue weighted by Crippen LogP contribution is 2.60. The van der Waals surface area contributed by atoms with E-state index in [0.717, 1.165) is 0 Å². The van der Waals surface area contributed by atoms with Gasteiger partial charge in [-0.1, -0.05) is 76.3 Å². The third kappa shape index (κ3) is 1.64. The number of hydrogen-bond donors (Lipinski definition) is 0.